The van der Waals surface area contributed by atoms with Gasteiger partial charge in [-0.25, -0.2) is 0 Å². The topological polar surface area (TPSA) is 72.8 Å². The van der Waals surface area contributed by atoms with Gasteiger partial charge in [0.2, 0.25) is 0 Å². The minimum absolute atomic E-state index is 0.0892. The highest BCUT2D eigenvalue weighted by atomic mass is 16.6. The summed E-state index contributed by atoms with van der Waals surface area (Å²) < 4.78 is 10.6. The van der Waals surface area contributed by atoms with Crippen LogP contribution in [0.25, 0.3) is 0 Å². The molecule has 0 aliphatic rings. The SMILES string of the molecule is CCCCCC=CCC=CCC=CCCCCC(=O)OCC(CO)OC(=O)CCCCCCCCCCCC=CCC=CCCCCC. The zero-order valence-electron chi connectivity index (χ0n) is 31.2. The maximum absolute atomic E-state index is 12.2. The lowest BCUT2D eigenvalue weighted by Gasteiger charge is -2.15. The molecule has 5 nitrogen and oxygen atoms in total. The molecule has 0 aliphatic heterocycles. The number of carbonyl (C=O) groups is 2. The number of hydrogen-bond donors (Lipinski definition) is 1. The van der Waals surface area contributed by atoms with Crippen molar-refractivity contribution in [2.45, 2.75) is 187 Å². The van der Waals surface area contributed by atoms with E-state index in [-0.39, 0.29) is 25.2 Å². The monoisotopic (exact) mass is 671 g/mol. The number of aliphatic hydroxyl groups is 1. The average Bonchev–Trinajstić information content (AvgIpc) is 3.09. The molecule has 276 valence electrons. The molecule has 5 heteroatoms. The molecule has 1 atom stereocenters. The summed E-state index contributed by atoms with van der Waals surface area (Å²) in [6.07, 6.45) is 49.9. The Balaban J connectivity index is 3.63. The van der Waals surface area contributed by atoms with Crippen LogP contribution < -0.4 is 0 Å². The highest BCUT2D eigenvalue weighted by Crippen LogP contribution is 2.13. The molecule has 0 amide bonds. The van der Waals surface area contributed by atoms with Crippen LogP contribution in [0.2, 0.25) is 0 Å². The van der Waals surface area contributed by atoms with E-state index in [0.717, 1.165) is 57.8 Å². The Kier molecular flexibility index (Phi) is 37.1. The lowest BCUT2D eigenvalue weighted by Crippen LogP contribution is -2.28. The third-order valence-electron chi connectivity index (χ3n) is 8.28. The van der Waals surface area contributed by atoms with Crippen LogP contribution in [0.4, 0.5) is 0 Å². The zero-order valence-corrected chi connectivity index (χ0v) is 31.2. The van der Waals surface area contributed by atoms with Crippen molar-refractivity contribution in [1.29, 1.82) is 0 Å². The molecule has 0 spiro atoms. The van der Waals surface area contributed by atoms with E-state index in [9.17, 15) is 14.7 Å². The highest BCUT2D eigenvalue weighted by molar-refractivity contribution is 5.70. The Labute approximate surface area is 296 Å². The smallest absolute Gasteiger partial charge is 0.306 e. The van der Waals surface area contributed by atoms with Gasteiger partial charge in [0.15, 0.2) is 6.10 Å². The van der Waals surface area contributed by atoms with E-state index in [2.05, 4.69) is 74.6 Å². The maximum atomic E-state index is 12.2. The molecular weight excluding hydrogens is 596 g/mol. The van der Waals surface area contributed by atoms with Gasteiger partial charge in [-0.15, -0.1) is 0 Å². The predicted molar refractivity (Wildman–Crippen MR) is 205 cm³/mol. The third-order valence-corrected chi connectivity index (χ3v) is 8.28. The normalized spacial score (nSPS) is 12.8. The van der Waals surface area contributed by atoms with E-state index in [1.165, 1.54) is 96.3 Å². The molecule has 0 aliphatic carbocycles. The quantitative estimate of drug-likeness (QED) is 0.0413. The molecule has 0 bridgehead atoms. The number of unbranched alkanes of at least 4 members (excludes halogenated alkanes) is 17. The minimum atomic E-state index is -0.790. The lowest BCUT2D eigenvalue weighted by molar-refractivity contribution is -0.161. The first kappa shape index (κ1) is 45.6. The molecule has 0 aromatic rings. The van der Waals surface area contributed by atoms with E-state index in [0.29, 0.717) is 12.8 Å². The standard InChI is InChI=1S/C43H74O5/c1-3-5-7-9-11-13-15-17-19-20-21-22-24-26-28-30-32-34-36-38-43(46)48-41(39-44)40-47-42(45)37-35-33-31-29-27-25-23-18-16-14-12-10-8-6-4-2/h11-14,17-19,23,27,29,41,44H,3-10,15-16,20-22,24-26,28,30-40H2,1-2H3. The van der Waals surface area contributed by atoms with Crippen LogP contribution in [0.5, 0.6) is 0 Å². The van der Waals surface area contributed by atoms with Gasteiger partial charge in [-0.2, -0.15) is 0 Å². The average molecular weight is 671 g/mol. The second-order valence-corrected chi connectivity index (χ2v) is 13.0. The summed E-state index contributed by atoms with van der Waals surface area (Å²) in [5.74, 6) is -0.643. The van der Waals surface area contributed by atoms with Gasteiger partial charge in [-0.1, -0.05) is 145 Å². The number of aliphatic hydroxyl groups excluding tert-OH is 1. The van der Waals surface area contributed by atoms with Crippen molar-refractivity contribution >= 4 is 11.9 Å². The molecule has 0 aromatic heterocycles. The van der Waals surface area contributed by atoms with Crippen LogP contribution in [-0.2, 0) is 19.1 Å². The van der Waals surface area contributed by atoms with Crippen molar-refractivity contribution in [2.75, 3.05) is 13.2 Å². The van der Waals surface area contributed by atoms with Crippen LogP contribution in [0.3, 0.4) is 0 Å². The van der Waals surface area contributed by atoms with Crippen molar-refractivity contribution in [1.82, 2.24) is 0 Å². The van der Waals surface area contributed by atoms with Crippen LogP contribution >= 0.6 is 0 Å². The summed E-state index contributed by atoms with van der Waals surface area (Å²) in [7, 11) is 0. The molecular formula is C43H74O5. The Morgan fingerprint density at radius 2 is 0.833 bits per heavy atom. The number of ether oxygens (including phenoxy) is 2. The summed E-state index contributed by atoms with van der Waals surface area (Å²) in [6.45, 7) is 4.04. The Bertz CT molecular complexity index is 853. The molecule has 48 heavy (non-hydrogen) atoms. The number of hydrogen-bond acceptors (Lipinski definition) is 5. The van der Waals surface area contributed by atoms with Gasteiger partial charge >= 0.3 is 11.9 Å². The first-order chi connectivity index (χ1) is 23.6. The van der Waals surface area contributed by atoms with Crippen LogP contribution in [0, 0.1) is 0 Å². The van der Waals surface area contributed by atoms with Crippen LogP contribution in [0.15, 0.2) is 60.8 Å². The number of carbonyl (C=O) groups excluding carboxylic acids is 2. The fourth-order valence-electron chi connectivity index (χ4n) is 5.24. The minimum Gasteiger partial charge on any atom is -0.462 e. The molecule has 0 radical (unpaired) electrons. The second kappa shape index (κ2) is 39.0. The Morgan fingerprint density at radius 1 is 0.479 bits per heavy atom. The molecule has 1 N–H and O–H groups in total. The fourth-order valence-corrected chi connectivity index (χ4v) is 5.24. The van der Waals surface area contributed by atoms with Gasteiger partial charge in [0, 0.05) is 12.8 Å². The summed E-state index contributed by atoms with van der Waals surface area (Å²) >= 11 is 0. The zero-order chi connectivity index (χ0) is 35.0. The van der Waals surface area contributed by atoms with E-state index in [4.69, 9.17) is 9.47 Å². The molecule has 0 heterocycles. The number of rotatable bonds is 35. The highest BCUT2D eigenvalue weighted by Gasteiger charge is 2.16. The second-order valence-electron chi connectivity index (χ2n) is 13.0. The van der Waals surface area contributed by atoms with E-state index >= 15 is 0 Å². The van der Waals surface area contributed by atoms with Gasteiger partial charge in [-0.05, 0) is 83.5 Å². The van der Waals surface area contributed by atoms with Crippen LogP contribution in [-0.4, -0.2) is 36.4 Å². The summed E-state index contributed by atoms with van der Waals surface area (Å²) in [6, 6.07) is 0. The molecule has 0 aromatic carbocycles. The predicted octanol–water partition coefficient (Wildman–Crippen LogP) is 12.4. The van der Waals surface area contributed by atoms with Crippen LogP contribution in [0.1, 0.15) is 181 Å². The molecule has 0 fully saturated rings. The van der Waals surface area contributed by atoms with Gasteiger partial charge in [-0.3, -0.25) is 9.59 Å². The molecule has 0 saturated carbocycles. The van der Waals surface area contributed by atoms with Gasteiger partial charge < -0.3 is 14.6 Å². The maximum Gasteiger partial charge on any atom is 0.306 e. The van der Waals surface area contributed by atoms with Gasteiger partial charge in [0.05, 0.1) is 6.61 Å². The largest absolute Gasteiger partial charge is 0.462 e. The third kappa shape index (κ3) is 36.4. The van der Waals surface area contributed by atoms with Crippen molar-refractivity contribution in [3.63, 3.8) is 0 Å². The van der Waals surface area contributed by atoms with Crippen molar-refractivity contribution in [3.8, 4) is 0 Å². The summed E-state index contributed by atoms with van der Waals surface area (Å²) in [4.78, 5) is 24.2. The van der Waals surface area contributed by atoms with Crippen molar-refractivity contribution < 1.29 is 24.2 Å². The van der Waals surface area contributed by atoms with Gasteiger partial charge in [0.1, 0.15) is 6.61 Å². The van der Waals surface area contributed by atoms with Gasteiger partial charge in [0.25, 0.3) is 0 Å². The first-order valence-corrected chi connectivity index (χ1v) is 19.8. The Hall–Kier alpha value is -2.40. The fraction of sp³-hybridized carbons (Fsp3) is 0.721. The van der Waals surface area contributed by atoms with Crippen molar-refractivity contribution in [3.05, 3.63) is 60.8 Å². The van der Waals surface area contributed by atoms with Crippen molar-refractivity contribution in [2.24, 2.45) is 0 Å². The van der Waals surface area contributed by atoms with E-state index in [1.54, 1.807) is 0 Å². The van der Waals surface area contributed by atoms with E-state index < -0.39 is 6.10 Å². The Morgan fingerprint density at radius 3 is 1.29 bits per heavy atom. The van der Waals surface area contributed by atoms with E-state index in [1.807, 2.05) is 0 Å². The number of allylic oxidation sites excluding steroid dienone is 10. The molecule has 1 unspecified atom stereocenters. The molecule has 0 saturated heterocycles. The lowest BCUT2D eigenvalue weighted by atomic mass is 10.1. The summed E-state index contributed by atoms with van der Waals surface area (Å²) in [5, 5.41) is 9.55. The summed E-state index contributed by atoms with van der Waals surface area (Å²) in [5.41, 5.74) is 0. The number of esters is 2. The first-order valence-electron chi connectivity index (χ1n) is 19.8. The molecule has 0 rings (SSSR count).